The number of nitrogens with zero attached hydrogens (tertiary/aromatic N) is 2. The summed E-state index contributed by atoms with van der Waals surface area (Å²) < 4.78 is 5.17. The lowest BCUT2D eigenvalue weighted by Crippen LogP contribution is -2.30. The van der Waals surface area contributed by atoms with Gasteiger partial charge in [-0.15, -0.1) is 0 Å². The van der Waals surface area contributed by atoms with E-state index in [1.165, 1.54) is 24.1 Å². The molecule has 33 heavy (non-hydrogen) atoms. The SMILES string of the molecule is COc1c(Cl)cc(/C(O)=C2\C(=O)C(=O)N(c3cccc(C)c3C)C2c2ccncc2)cc1Cl. The van der Waals surface area contributed by atoms with Crippen molar-refractivity contribution < 1.29 is 19.4 Å². The van der Waals surface area contributed by atoms with Gasteiger partial charge in [0.2, 0.25) is 0 Å². The molecule has 1 fully saturated rings. The first kappa shape index (κ1) is 22.8. The van der Waals surface area contributed by atoms with Crippen LogP contribution in [0.1, 0.15) is 28.3 Å². The summed E-state index contributed by atoms with van der Waals surface area (Å²) in [4.78, 5) is 32.0. The van der Waals surface area contributed by atoms with Gasteiger partial charge < -0.3 is 9.84 Å². The average Bonchev–Trinajstić information content (AvgIpc) is 3.06. The van der Waals surface area contributed by atoms with Gasteiger partial charge in [-0.3, -0.25) is 19.5 Å². The van der Waals surface area contributed by atoms with Crippen molar-refractivity contribution in [1.82, 2.24) is 4.98 Å². The molecule has 1 N–H and O–H groups in total. The fourth-order valence-corrected chi connectivity index (χ4v) is 4.63. The van der Waals surface area contributed by atoms with Crippen molar-refractivity contribution in [3.05, 3.63) is 92.7 Å². The van der Waals surface area contributed by atoms with Crippen LogP contribution in [-0.2, 0) is 9.59 Å². The predicted molar refractivity (Wildman–Crippen MR) is 128 cm³/mol. The molecule has 0 radical (unpaired) electrons. The number of hydrogen-bond donors (Lipinski definition) is 1. The third kappa shape index (κ3) is 3.86. The first-order valence-electron chi connectivity index (χ1n) is 10.1. The molecule has 0 spiro atoms. The van der Waals surface area contributed by atoms with Crippen molar-refractivity contribution in [3.8, 4) is 5.75 Å². The van der Waals surface area contributed by atoms with Crippen LogP contribution in [0.2, 0.25) is 10.0 Å². The van der Waals surface area contributed by atoms with E-state index in [4.69, 9.17) is 27.9 Å². The molecule has 168 valence electrons. The highest BCUT2D eigenvalue weighted by Crippen LogP contribution is 2.44. The molecule has 1 aromatic heterocycles. The summed E-state index contributed by atoms with van der Waals surface area (Å²) in [6.07, 6.45) is 3.14. The maximum Gasteiger partial charge on any atom is 0.300 e. The lowest BCUT2D eigenvalue weighted by Gasteiger charge is -2.27. The van der Waals surface area contributed by atoms with Gasteiger partial charge >= 0.3 is 0 Å². The zero-order valence-corrected chi connectivity index (χ0v) is 19.6. The number of ketones is 1. The van der Waals surface area contributed by atoms with E-state index >= 15 is 0 Å². The molecule has 0 saturated carbocycles. The number of Topliss-reactive ketones (excluding diaryl/α,β-unsaturated/α-hetero) is 1. The van der Waals surface area contributed by atoms with Crippen molar-refractivity contribution in [2.45, 2.75) is 19.9 Å². The molecular formula is C25H20Cl2N2O4. The molecule has 1 aliphatic heterocycles. The molecule has 1 unspecified atom stereocenters. The first-order valence-corrected chi connectivity index (χ1v) is 10.8. The Morgan fingerprint density at radius 3 is 2.30 bits per heavy atom. The highest BCUT2D eigenvalue weighted by molar-refractivity contribution is 6.52. The molecule has 1 amide bonds. The summed E-state index contributed by atoms with van der Waals surface area (Å²) in [6.45, 7) is 3.81. The Kier molecular flexibility index (Phi) is 6.15. The van der Waals surface area contributed by atoms with Crippen molar-refractivity contribution in [1.29, 1.82) is 0 Å². The second-order valence-corrected chi connectivity index (χ2v) is 8.46. The monoisotopic (exact) mass is 482 g/mol. The smallest absolute Gasteiger partial charge is 0.300 e. The van der Waals surface area contributed by atoms with Gasteiger partial charge in [0.1, 0.15) is 5.76 Å². The number of aliphatic hydroxyl groups is 1. The summed E-state index contributed by atoms with van der Waals surface area (Å²) >= 11 is 12.5. The van der Waals surface area contributed by atoms with Crippen molar-refractivity contribution in [3.63, 3.8) is 0 Å². The Bertz CT molecular complexity index is 1280. The summed E-state index contributed by atoms with van der Waals surface area (Å²) in [6, 6.07) is 11.0. The number of amides is 1. The maximum absolute atomic E-state index is 13.3. The molecule has 0 aliphatic carbocycles. The van der Waals surface area contributed by atoms with E-state index < -0.39 is 17.7 Å². The van der Waals surface area contributed by atoms with E-state index in [9.17, 15) is 14.7 Å². The average molecular weight is 483 g/mol. The number of aromatic nitrogens is 1. The van der Waals surface area contributed by atoms with E-state index in [0.29, 0.717) is 11.3 Å². The van der Waals surface area contributed by atoms with Crippen molar-refractivity contribution in [2.24, 2.45) is 0 Å². The normalized spacial score (nSPS) is 17.5. The summed E-state index contributed by atoms with van der Waals surface area (Å²) in [7, 11) is 1.42. The lowest BCUT2D eigenvalue weighted by molar-refractivity contribution is -0.132. The standard InChI is InChI=1S/C25H20Cl2N2O4/c1-13-5-4-6-19(14(13)2)29-21(15-7-9-28-10-8-15)20(23(31)25(29)32)22(30)16-11-17(26)24(33-3)18(27)12-16/h4-12,21,30H,1-3H3/b22-20+. The minimum Gasteiger partial charge on any atom is -0.507 e. The molecule has 2 heterocycles. The molecular weight excluding hydrogens is 463 g/mol. The second kappa shape index (κ2) is 8.89. The third-order valence-corrected chi connectivity index (χ3v) is 6.34. The van der Waals surface area contributed by atoms with E-state index in [-0.39, 0.29) is 32.7 Å². The Balaban J connectivity index is 1.98. The number of hydrogen-bond acceptors (Lipinski definition) is 5. The van der Waals surface area contributed by atoms with E-state index in [1.54, 1.807) is 30.6 Å². The number of aryl methyl sites for hydroxylation is 1. The fraction of sp³-hybridized carbons (Fsp3) is 0.160. The second-order valence-electron chi connectivity index (χ2n) is 7.64. The molecule has 0 bridgehead atoms. The highest BCUT2D eigenvalue weighted by atomic mass is 35.5. The van der Waals surface area contributed by atoms with Gasteiger partial charge in [0.25, 0.3) is 11.7 Å². The lowest BCUT2D eigenvalue weighted by atomic mass is 9.95. The number of carbonyl (C=O) groups is 2. The van der Waals surface area contributed by atoms with Crippen LogP contribution < -0.4 is 9.64 Å². The van der Waals surface area contributed by atoms with E-state index in [2.05, 4.69) is 4.98 Å². The molecule has 1 saturated heterocycles. The van der Waals surface area contributed by atoms with E-state index in [1.807, 2.05) is 26.0 Å². The van der Waals surface area contributed by atoms with Crippen LogP contribution in [0.5, 0.6) is 5.75 Å². The summed E-state index contributed by atoms with van der Waals surface area (Å²) in [5.74, 6) is -1.68. The summed E-state index contributed by atoms with van der Waals surface area (Å²) in [5.41, 5.74) is 3.17. The van der Waals surface area contributed by atoms with Crippen LogP contribution in [0.4, 0.5) is 5.69 Å². The number of halogens is 2. The quantitative estimate of drug-likeness (QED) is 0.295. The number of aliphatic hydroxyl groups excluding tert-OH is 1. The van der Waals surface area contributed by atoms with Gasteiger partial charge in [0, 0.05) is 23.6 Å². The van der Waals surface area contributed by atoms with Crippen molar-refractivity contribution in [2.75, 3.05) is 12.0 Å². The Hall–Kier alpha value is -3.35. The number of pyridine rings is 1. The topological polar surface area (TPSA) is 79.7 Å². The fourth-order valence-electron chi connectivity index (χ4n) is 3.99. The molecule has 6 nitrogen and oxygen atoms in total. The van der Waals surface area contributed by atoms with Crippen LogP contribution in [0.15, 0.2) is 60.4 Å². The molecule has 8 heteroatoms. The molecule has 3 aromatic rings. The zero-order chi connectivity index (χ0) is 23.9. The Morgan fingerprint density at radius 2 is 1.70 bits per heavy atom. The number of carbonyl (C=O) groups excluding carboxylic acids is 2. The number of benzene rings is 2. The van der Waals surface area contributed by atoms with Gasteiger partial charge in [-0.05, 0) is 60.9 Å². The summed E-state index contributed by atoms with van der Waals surface area (Å²) in [5, 5.41) is 11.6. The highest BCUT2D eigenvalue weighted by Gasteiger charge is 2.47. The number of ether oxygens (including phenoxy) is 1. The molecule has 2 aromatic carbocycles. The van der Waals surface area contributed by atoms with Gasteiger partial charge in [-0.25, -0.2) is 0 Å². The third-order valence-electron chi connectivity index (χ3n) is 5.78. The molecule has 1 aliphatic rings. The molecule has 1 atom stereocenters. The first-order chi connectivity index (χ1) is 15.8. The zero-order valence-electron chi connectivity index (χ0n) is 18.1. The van der Waals surface area contributed by atoms with Crippen LogP contribution >= 0.6 is 23.2 Å². The van der Waals surface area contributed by atoms with Gasteiger partial charge in [-0.1, -0.05) is 35.3 Å². The van der Waals surface area contributed by atoms with Crippen molar-refractivity contribution >= 4 is 46.3 Å². The largest absolute Gasteiger partial charge is 0.507 e. The van der Waals surface area contributed by atoms with Crippen LogP contribution in [0.3, 0.4) is 0 Å². The minimum atomic E-state index is -0.867. The van der Waals surface area contributed by atoms with Crippen LogP contribution in [-0.4, -0.2) is 28.9 Å². The van der Waals surface area contributed by atoms with Gasteiger partial charge in [0.05, 0.1) is 28.8 Å². The Morgan fingerprint density at radius 1 is 1.06 bits per heavy atom. The minimum absolute atomic E-state index is 0.0654. The number of methoxy groups -OCH3 is 1. The number of rotatable bonds is 4. The Labute approximate surface area is 201 Å². The van der Waals surface area contributed by atoms with Crippen LogP contribution in [0, 0.1) is 13.8 Å². The van der Waals surface area contributed by atoms with Gasteiger partial charge in [-0.2, -0.15) is 0 Å². The van der Waals surface area contributed by atoms with E-state index in [0.717, 1.165) is 11.1 Å². The maximum atomic E-state index is 13.3. The van der Waals surface area contributed by atoms with Gasteiger partial charge in [0.15, 0.2) is 5.75 Å². The number of anilines is 1. The van der Waals surface area contributed by atoms with Crippen LogP contribution in [0.25, 0.3) is 5.76 Å². The molecule has 4 rings (SSSR count). The predicted octanol–water partition coefficient (Wildman–Crippen LogP) is 5.64.